The lowest BCUT2D eigenvalue weighted by Gasteiger charge is -1.94. The minimum absolute atomic E-state index is 0.120. The molecular weight excluding hydrogens is 218 g/mol. The van der Waals surface area contributed by atoms with Crippen molar-refractivity contribution in [1.82, 2.24) is 4.98 Å². The Labute approximate surface area is 90.1 Å². The van der Waals surface area contributed by atoms with Gasteiger partial charge in [0.15, 0.2) is 5.69 Å². The number of oxazole rings is 1. The van der Waals surface area contributed by atoms with Gasteiger partial charge in [0.2, 0.25) is 5.89 Å². The second-order valence-corrected chi connectivity index (χ2v) is 3.29. The van der Waals surface area contributed by atoms with E-state index in [4.69, 9.17) is 21.1 Å². The third-order valence-corrected chi connectivity index (χ3v) is 2.03. The van der Waals surface area contributed by atoms with E-state index in [0.717, 1.165) is 6.26 Å². The number of aromatic carboxylic acids is 1. The summed E-state index contributed by atoms with van der Waals surface area (Å²) < 4.78 is 5.02. The highest BCUT2D eigenvalue weighted by Gasteiger charge is 2.11. The number of carbonyl (C=O) groups is 1. The summed E-state index contributed by atoms with van der Waals surface area (Å²) in [6.45, 7) is 0. The van der Waals surface area contributed by atoms with E-state index in [1.165, 1.54) is 0 Å². The van der Waals surface area contributed by atoms with Crippen LogP contribution >= 0.6 is 11.6 Å². The molecule has 0 aliphatic carbocycles. The molecule has 0 saturated heterocycles. The van der Waals surface area contributed by atoms with Crippen molar-refractivity contribution in [3.63, 3.8) is 0 Å². The van der Waals surface area contributed by atoms with E-state index >= 15 is 0 Å². The molecule has 0 amide bonds. The van der Waals surface area contributed by atoms with Gasteiger partial charge >= 0.3 is 5.97 Å². The summed E-state index contributed by atoms with van der Waals surface area (Å²) in [5.41, 5.74) is 0.528. The first-order chi connectivity index (χ1) is 7.16. The Hall–Kier alpha value is -1.81. The van der Waals surface area contributed by atoms with E-state index in [-0.39, 0.29) is 11.6 Å². The monoisotopic (exact) mass is 223 g/mol. The van der Waals surface area contributed by atoms with Gasteiger partial charge in [0.05, 0.1) is 0 Å². The van der Waals surface area contributed by atoms with Crippen molar-refractivity contribution in [3.05, 3.63) is 41.2 Å². The highest BCUT2D eigenvalue weighted by Crippen LogP contribution is 2.21. The maximum atomic E-state index is 10.6. The molecule has 0 atom stereocenters. The van der Waals surface area contributed by atoms with Gasteiger partial charge in [0, 0.05) is 10.6 Å². The summed E-state index contributed by atoms with van der Waals surface area (Å²) in [6, 6.07) is 6.84. The minimum Gasteiger partial charge on any atom is -0.476 e. The van der Waals surface area contributed by atoms with Crippen molar-refractivity contribution in [2.45, 2.75) is 0 Å². The minimum atomic E-state index is -1.12. The highest BCUT2D eigenvalue weighted by atomic mass is 35.5. The number of nitrogens with zero attached hydrogens (tertiary/aromatic N) is 1. The molecule has 1 N–H and O–H groups in total. The number of carboxylic acid groups (broad SMARTS) is 1. The van der Waals surface area contributed by atoms with Crippen LogP contribution in [-0.4, -0.2) is 16.1 Å². The van der Waals surface area contributed by atoms with Crippen LogP contribution in [0.1, 0.15) is 10.5 Å². The SMILES string of the molecule is O=C(O)c1coc(-c2cccc(Cl)c2)n1. The van der Waals surface area contributed by atoms with E-state index in [9.17, 15) is 4.79 Å². The Morgan fingerprint density at radius 3 is 2.87 bits per heavy atom. The number of halogens is 1. The zero-order valence-electron chi connectivity index (χ0n) is 7.48. The summed E-state index contributed by atoms with van der Waals surface area (Å²) in [7, 11) is 0. The smallest absolute Gasteiger partial charge is 0.357 e. The zero-order chi connectivity index (χ0) is 10.8. The van der Waals surface area contributed by atoms with Crippen molar-refractivity contribution >= 4 is 17.6 Å². The topological polar surface area (TPSA) is 63.3 Å². The highest BCUT2D eigenvalue weighted by molar-refractivity contribution is 6.30. The van der Waals surface area contributed by atoms with E-state index in [2.05, 4.69) is 4.98 Å². The van der Waals surface area contributed by atoms with Gasteiger partial charge in [0.25, 0.3) is 0 Å². The molecule has 15 heavy (non-hydrogen) atoms. The van der Waals surface area contributed by atoms with Gasteiger partial charge in [-0.2, -0.15) is 0 Å². The largest absolute Gasteiger partial charge is 0.476 e. The first-order valence-electron chi connectivity index (χ1n) is 4.11. The second kappa shape index (κ2) is 3.74. The van der Waals surface area contributed by atoms with Crippen molar-refractivity contribution in [3.8, 4) is 11.5 Å². The fraction of sp³-hybridized carbons (Fsp3) is 0. The maximum Gasteiger partial charge on any atom is 0.357 e. The van der Waals surface area contributed by atoms with E-state index in [1.807, 2.05) is 0 Å². The van der Waals surface area contributed by atoms with Gasteiger partial charge < -0.3 is 9.52 Å². The molecule has 1 aromatic carbocycles. The van der Waals surface area contributed by atoms with Crippen LogP contribution < -0.4 is 0 Å². The molecule has 4 nitrogen and oxygen atoms in total. The molecule has 1 heterocycles. The summed E-state index contributed by atoms with van der Waals surface area (Å²) >= 11 is 5.78. The average Bonchev–Trinajstić information content (AvgIpc) is 2.66. The van der Waals surface area contributed by atoms with Crippen molar-refractivity contribution < 1.29 is 14.3 Å². The van der Waals surface area contributed by atoms with Gasteiger partial charge in [-0.3, -0.25) is 0 Å². The van der Waals surface area contributed by atoms with Gasteiger partial charge in [-0.1, -0.05) is 17.7 Å². The van der Waals surface area contributed by atoms with Gasteiger partial charge in [0.1, 0.15) is 6.26 Å². The van der Waals surface area contributed by atoms with Crippen LogP contribution in [0.15, 0.2) is 34.9 Å². The van der Waals surface area contributed by atoms with Gasteiger partial charge in [-0.25, -0.2) is 9.78 Å². The van der Waals surface area contributed by atoms with Crippen molar-refractivity contribution in [2.75, 3.05) is 0 Å². The lowest BCUT2D eigenvalue weighted by Crippen LogP contribution is -1.95. The molecule has 1 aromatic heterocycles. The second-order valence-electron chi connectivity index (χ2n) is 2.85. The molecule has 0 unspecified atom stereocenters. The normalized spacial score (nSPS) is 10.2. The van der Waals surface area contributed by atoms with Crippen LogP contribution in [0.4, 0.5) is 0 Å². The van der Waals surface area contributed by atoms with Crippen LogP contribution in [0.2, 0.25) is 5.02 Å². The van der Waals surface area contributed by atoms with Crippen LogP contribution in [0.3, 0.4) is 0 Å². The molecule has 0 radical (unpaired) electrons. The summed E-state index contributed by atoms with van der Waals surface area (Å²) in [5.74, 6) is -0.873. The van der Waals surface area contributed by atoms with Gasteiger partial charge in [-0.05, 0) is 18.2 Å². The lowest BCUT2D eigenvalue weighted by molar-refractivity contribution is 0.0690. The maximum absolute atomic E-state index is 10.6. The molecule has 0 fully saturated rings. The predicted molar refractivity (Wildman–Crippen MR) is 53.9 cm³/mol. The molecule has 5 heteroatoms. The first-order valence-corrected chi connectivity index (χ1v) is 4.49. The van der Waals surface area contributed by atoms with Crippen LogP contribution in [-0.2, 0) is 0 Å². The Kier molecular flexibility index (Phi) is 2.43. The quantitative estimate of drug-likeness (QED) is 0.850. The molecule has 76 valence electrons. The molecule has 2 rings (SSSR count). The number of benzene rings is 1. The number of aromatic nitrogens is 1. The Bertz CT molecular complexity index is 507. The average molecular weight is 224 g/mol. The fourth-order valence-electron chi connectivity index (χ4n) is 1.13. The van der Waals surface area contributed by atoms with Crippen molar-refractivity contribution in [2.24, 2.45) is 0 Å². The molecular formula is C10H6ClNO3. The predicted octanol–water partition coefficient (Wildman–Crippen LogP) is 2.69. The van der Waals surface area contributed by atoms with Crippen LogP contribution in [0.25, 0.3) is 11.5 Å². The lowest BCUT2D eigenvalue weighted by atomic mass is 10.2. The van der Waals surface area contributed by atoms with Crippen molar-refractivity contribution in [1.29, 1.82) is 0 Å². The number of hydrogen-bond acceptors (Lipinski definition) is 3. The summed E-state index contributed by atoms with van der Waals surface area (Å²) in [6.07, 6.45) is 1.10. The molecule has 0 saturated carbocycles. The standard InChI is InChI=1S/C10H6ClNO3/c11-7-3-1-2-6(4-7)9-12-8(5-15-9)10(13)14/h1-5H,(H,13,14). The molecule has 0 spiro atoms. The number of hydrogen-bond donors (Lipinski definition) is 1. The first kappa shape index (κ1) is 9.73. The van der Waals surface area contributed by atoms with E-state index in [0.29, 0.717) is 10.6 Å². The molecule has 0 aliphatic heterocycles. The Morgan fingerprint density at radius 2 is 2.27 bits per heavy atom. The van der Waals surface area contributed by atoms with Crippen LogP contribution in [0, 0.1) is 0 Å². The summed E-state index contributed by atoms with van der Waals surface area (Å²) in [5, 5.41) is 9.20. The van der Waals surface area contributed by atoms with E-state index in [1.54, 1.807) is 24.3 Å². The number of carboxylic acids is 1. The number of rotatable bonds is 2. The third kappa shape index (κ3) is 1.99. The zero-order valence-corrected chi connectivity index (χ0v) is 8.23. The van der Waals surface area contributed by atoms with E-state index < -0.39 is 5.97 Å². The third-order valence-electron chi connectivity index (χ3n) is 1.79. The fourth-order valence-corrected chi connectivity index (χ4v) is 1.32. The molecule has 2 aromatic rings. The molecule has 0 aliphatic rings. The summed E-state index contributed by atoms with van der Waals surface area (Å²) in [4.78, 5) is 14.4. The molecule has 0 bridgehead atoms. The Balaban J connectivity index is 2.41. The van der Waals surface area contributed by atoms with Crippen LogP contribution in [0.5, 0.6) is 0 Å². The Morgan fingerprint density at radius 1 is 1.47 bits per heavy atom. The van der Waals surface area contributed by atoms with Gasteiger partial charge in [-0.15, -0.1) is 0 Å².